The number of nitrogens with two attached hydrogens (primary N) is 1. The standard InChI is InChI=1S/C17H26BNO4/c1-11(2)21-15(20)14(19)12-7-9-13(10-8-12)18-22-16(3,4)17(5,6)23-18/h7-11,14H,19H2,1-6H3. The van der Waals surface area contributed by atoms with Crippen LogP contribution in [0.1, 0.15) is 53.1 Å². The molecule has 5 nitrogen and oxygen atoms in total. The first-order valence-corrected chi connectivity index (χ1v) is 7.95. The van der Waals surface area contributed by atoms with E-state index in [0.29, 0.717) is 5.56 Å². The largest absolute Gasteiger partial charge is 0.494 e. The van der Waals surface area contributed by atoms with E-state index in [-0.39, 0.29) is 17.3 Å². The van der Waals surface area contributed by atoms with E-state index in [0.717, 1.165) is 5.46 Å². The molecule has 1 heterocycles. The maximum Gasteiger partial charge on any atom is 0.494 e. The van der Waals surface area contributed by atoms with Gasteiger partial charge in [-0.05, 0) is 52.6 Å². The second-order valence-electron chi connectivity index (χ2n) is 7.22. The van der Waals surface area contributed by atoms with E-state index >= 15 is 0 Å². The van der Waals surface area contributed by atoms with Crippen molar-refractivity contribution in [2.24, 2.45) is 5.73 Å². The fraction of sp³-hybridized carbons (Fsp3) is 0.588. The van der Waals surface area contributed by atoms with E-state index in [4.69, 9.17) is 19.8 Å². The number of carbonyl (C=O) groups excluding carboxylic acids is 1. The molecular weight excluding hydrogens is 293 g/mol. The number of benzene rings is 1. The van der Waals surface area contributed by atoms with Gasteiger partial charge in [-0.1, -0.05) is 24.3 Å². The summed E-state index contributed by atoms with van der Waals surface area (Å²) in [6.45, 7) is 11.6. The van der Waals surface area contributed by atoms with Crippen molar-refractivity contribution in [1.29, 1.82) is 0 Å². The van der Waals surface area contributed by atoms with Gasteiger partial charge in [0.05, 0.1) is 17.3 Å². The van der Waals surface area contributed by atoms with Crippen molar-refractivity contribution in [3.8, 4) is 0 Å². The number of hydrogen-bond acceptors (Lipinski definition) is 5. The van der Waals surface area contributed by atoms with E-state index in [9.17, 15) is 4.79 Å². The smallest absolute Gasteiger partial charge is 0.462 e. The van der Waals surface area contributed by atoms with Gasteiger partial charge in [0.1, 0.15) is 6.04 Å². The van der Waals surface area contributed by atoms with Gasteiger partial charge >= 0.3 is 13.1 Å². The molecule has 1 aromatic rings. The molecule has 0 spiro atoms. The van der Waals surface area contributed by atoms with Crippen LogP contribution < -0.4 is 11.2 Å². The summed E-state index contributed by atoms with van der Waals surface area (Å²) in [7, 11) is -0.423. The Hall–Kier alpha value is -1.37. The van der Waals surface area contributed by atoms with Gasteiger partial charge in [-0.25, -0.2) is 4.79 Å². The zero-order valence-electron chi connectivity index (χ0n) is 14.8. The maximum atomic E-state index is 11.9. The predicted octanol–water partition coefficient (Wildman–Crippen LogP) is 1.94. The summed E-state index contributed by atoms with van der Waals surface area (Å²) in [6.07, 6.45) is -0.183. The highest BCUT2D eigenvalue weighted by Gasteiger charge is 2.51. The maximum absolute atomic E-state index is 11.9. The molecule has 0 saturated carbocycles. The summed E-state index contributed by atoms with van der Waals surface area (Å²) in [6, 6.07) is 6.59. The molecule has 1 aromatic carbocycles. The Bertz CT molecular complexity index is 552. The lowest BCUT2D eigenvalue weighted by Gasteiger charge is -2.32. The molecule has 1 unspecified atom stereocenters. The third-order valence-corrected chi connectivity index (χ3v) is 4.43. The summed E-state index contributed by atoms with van der Waals surface area (Å²) < 4.78 is 17.1. The lowest BCUT2D eigenvalue weighted by molar-refractivity contribution is -0.149. The molecule has 0 aromatic heterocycles. The molecule has 126 valence electrons. The Labute approximate surface area is 138 Å². The molecule has 0 aliphatic carbocycles. The second kappa shape index (κ2) is 6.26. The summed E-state index contributed by atoms with van der Waals surface area (Å²) in [5.41, 5.74) is 6.78. The number of ether oxygens (including phenoxy) is 1. The Morgan fingerprint density at radius 3 is 2.00 bits per heavy atom. The van der Waals surface area contributed by atoms with E-state index in [2.05, 4.69) is 0 Å². The molecular formula is C17H26BNO4. The highest BCUT2D eigenvalue weighted by Crippen LogP contribution is 2.36. The molecule has 2 N–H and O–H groups in total. The van der Waals surface area contributed by atoms with Gasteiger partial charge in [-0.2, -0.15) is 0 Å². The van der Waals surface area contributed by atoms with Crippen LogP contribution in [0.3, 0.4) is 0 Å². The predicted molar refractivity (Wildman–Crippen MR) is 90.3 cm³/mol. The van der Waals surface area contributed by atoms with Gasteiger partial charge < -0.3 is 19.8 Å². The van der Waals surface area contributed by atoms with Crippen molar-refractivity contribution in [2.45, 2.75) is 64.9 Å². The molecule has 2 rings (SSSR count). The van der Waals surface area contributed by atoms with Crippen LogP contribution in [0.4, 0.5) is 0 Å². The summed E-state index contributed by atoms with van der Waals surface area (Å²) in [5.74, 6) is -0.427. The fourth-order valence-electron chi connectivity index (χ4n) is 2.28. The Kier molecular flexibility index (Phi) is 4.90. The van der Waals surface area contributed by atoms with E-state index in [1.807, 2.05) is 52.0 Å². The molecule has 0 radical (unpaired) electrons. The first-order valence-electron chi connectivity index (χ1n) is 7.95. The Morgan fingerprint density at radius 2 is 1.57 bits per heavy atom. The quantitative estimate of drug-likeness (QED) is 0.678. The van der Waals surface area contributed by atoms with Crippen LogP contribution in [0.25, 0.3) is 0 Å². The van der Waals surface area contributed by atoms with Gasteiger partial charge in [0, 0.05) is 0 Å². The minimum Gasteiger partial charge on any atom is -0.462 e. The minimum absolute atomic E-state index is 0.183. The first-order chi connectivity index (χ1) is 10.5. The molecule has 1 fully saturated rings. The number of rotatable bonds is 4. The fourth-order valence-corrected chi connectivity index (χ4v) is 2.28. The summed E-state index contributed by atoms with van der Waals surface area (Å²) in [5, 5.41) is 0. The Balaban J connectivity index is 2.10. The topological polar surface area (TPSA) is 70.8 Å². The van der Waals surface area contributed by atoms with Gasteiger partial charge in [-0.3, -0.25) is 0 Å². The third kappa shape index (κ3) is 3.76. The number of carbonyl (C=O) groups is 1. The molecule has 23 heavy (non-hydrogen) atoms. The lowest BCUT2D eigenvalue weighted by Crippen LogP contribution is -2.41. The van der Waals surface area contributed by atoms with Crippen molar-refractivity contribution >= 4 is 18.6 Å². The van der Waals surface area contributed by atoms with Crippen LogP contribution in [0.2, 0.25) is 0 Å². The monoisotopic (exact) mass is 319 g/mol. The van der Waals surface area contributed by atoms with Crippen LogP contribution in [0, 0.1) is 0 Å². The van der Waals surface area contributed by atoms with Crippen molar-refractivity contribution in [2.75, 3.05) is 0 Å². The summed E-state index contributed by atoms with van der Waals surface area (Å²) in [4.78, 5) is 11.9. The van der Waals surface area contributed by atoms with Crippen molar-refractivity contribution in [1.82, 2.24) is 0 Å². The van der Waals surface area contributed by atoms with Crippen LogP contribution >= 0.6 is 0 Å². The highest BCUT2D eigenvalue weighted by molar-refractivity contribution is 6.62. The Morgan fingerprint density at radius 1 is 1.09 bits per heavy atom. The lowest BCUT2D eigenvalue weighted by atomic mass is 9.78. The SMILES string of the molecule is CC(C)OC(=O)C(N)c1ccc(B2OC(C)(C)C(C)(C)O2)cc1. The number of esters is 1. The van der Waals surface area contributed by atoms with Gasteiger partial charge in [0.25, 0.3) is 0 Å². The van der Waals surface area contributed by atoms with Gasteiger partial charge in [0.15, 0.2) is 0 Å². The summed E-state index contributed by atoms with van der Waals surface area (Å²) >= 11 is 0. The minimum atomic E-state index is -0.787. The molecule has 1 saturated heterocycles. The normalized spacial score (nSPS) is 20.6. The van der Waals surface area contributed by atoms with E-state index in [1.165, 1.54) is 0 Å². The molecule has 1 atom stereocenters. The van der Waals surface area contributed by atoms with Crippen LogP contribution in [0.5, 0.6) is 0 Å². The van der Waals surface area contributed by atoms with Gasteiger partial charge in [0.2, 0.25) is 0 Å². The zero-order valence-corrected chi connectivity index (χ0v) is 14.8. The van der Waals surface area contributed by atoms with Crippen LogP contribution in [-0.2, 0) is 18.8 Å². The molecule has 1 aliphatic rings. The average Bonchev–Trinajstić information content (AvgIpc) is 2.66. The highest BCUT2D eigenvalue weighted by atomic mass is 16.7. The molecule has 0 amide bonds. The second-order valence-corrected chi connectivity index (χ2v) is 7.22. The zero-order chi connectivity index (χ0) is 17.4. The molecule has 1 aliphatic heterocycles. The third-order valence-electron chi connectivity index (χ3n) is 4.43. The average molecular weight is 319 g/mol. The van der Waals surface area contributed by atoms with Crippen molar-refractivity contribution in [3.63, 3.8) is 0 Å². The van der Waals surface area contributed by atoms with E-state index in [1.54, 1.807) is 13.8 Å². The van der Waals surface area contributed by atoms with Gasteiger partial charge in [-0.15, -0.1) is 0 Å². The van der Waals surface area contributed by atoms with Crippen molar-refractivity contribution < 1.29 is 18.8 Å². The van der Waals surface area contributed by atoms with Crippen LogP contribution in [0.15, 0.2) is 24.3 Å². The van der Waals surface area contributed by atoms with Crippen molar-refractivity contribution in [3.05, 3.63) is 29.8 Å². The molecule has 0 bridgehead atoms. The van der Waals surface area contributed by atoms with E-state index < -0.39 is 19.1 Å². The van der Waals surface area contributed by atoms with Crippen LogP contribution in [-0.4, -0.2) is 30.4 Å². The first kappa shape index (κ1) is 18.0. The number of hydrogen-bond donors (Lipinski definition) is 1. The molecule has 6 heteroatoms.